The van der Waals surface area contributed by atoms with Gasteiger partial charge in [-0.25, -0.2) is 4.79 Å². The Morgan fingerprint density at radius 1 is 1.67 bits per heavy atom. The van der Waals surface area contributed by atoms with Gasteiger partial charge in [0.2, 0.25) is 0 Å². The Morgan fingerprint density at radius 2 is 2.22 bits per heavy atom. The normalized spacial score (nSPS) is 10.1. The molecule has 0 aliphatic heterocycles. The Bertz CT molecular complexity index is 95.0. The summed E-state index contributed by atoms with van der Waals surface area (Å²) in [5.74, 6) is 0.655. The fourth-order valence-electron chi connectivity index (χ4n) is 0.316. The van der Waals surface area contributed by atoms with E-state index in [1.165, 1.54) is 0 Å². The zero-order valence-electron chi connectivity index (χ0n) is 5.63. The van der Waals surface area contributed by atoms with Crippen molar-refractivity contribution < 1.29 is 9.90 Å². The third-order valence-electron chi connectivity index (χ3n) is 0.764. The zero-order chi connectivity index (χ0) is 7.28. The first kappa shape index (κ1) is 8.78. The summed E-state index contributed by atoms with van der Waals surface area (Å²) < 4.78 is 0. The lowest BCUT2D eigenvalue weighted by Gasteiger charge is -2.05. The van der Waals surface area contributed by atoms with E-state index in [0.29, 0.717) is 5.75 Å². The summed E-state index contributed by atoms with van der Waals surface area (Å²) in [4.78, 5) is 11.9. The van der Waals surface area contributed by atoms with Crippen LogP contribution in [0.15, 0.2) is 0 Å². The molecule has 1 N–H and O–H groups in total. The summed E-state index contributed by atoms with van der Waals surface area (Å²) in [5.41, 5.74) is 0. The number of thioether (sulfide) groups is 1. The molecule has 0 spiro atoms. The van der Waals surface area contributed by atoms with Crippen molar-refractivity contribution in [2.45, 2.75) is 0 Å². The quantitative estimate of drug-likeness (QED) is 0.649. The molecule has 0 unspecified atom stereocenters. The van der Waals surface area contributed by atoms with Crippen molar-refractivity contribution in [1.82, 2.24) is 4.90 Å². The largest absolute Gasteiger partial charge is 0.473 e. The number of carbonyl (C=O) groups is 1. The maximum Gasteiger partial charge on any atom is 0.364 e. The van der Waals surface area contributed by atoms with Crippen LogP contribution in [0.25, 0.3) is 0 Å². The smallest absolute Gasteiger partial charge is 0.364 e. The average molecular weight is 149 g/mol. The van der Waals surface area contributed by atoms with Crippen LogP contribution in [0.4, 0.5) is 4.79 Å². The first-order valence-electron chi connectivity index (χ1n) is 2.63. The lowest BCUT2D eigenvalue weighted by molar-refractivity contribution is 0.222. The SMILES string of the molecule is CN(C)CCSC(=O)O. The molecule has 0 saturated carbocycles. The highest BCUT2D eigenvalue weighted by atomic mass is 32.2. The summed E-state index contributed by atoms with van der Waals surface area (Å²) in [6.45, 7) is 0.816. The van der Waals surface area contributed by atoms with E-state index in [1.807, 2.05) is 19.0 Å². The Kier molecular flexibility index (Phi) is 4.53. The van der Waals surface area contributed by atoms with Gasteiger partial charge in [0.25, 0.3) is 0 Å². The molecule has 0 aromatic carbocycles. The van der Waals surface area contributed by atoms with Gasteiger partial charge < -0.3 is 10.0 Å². The molecule has 0 saturated heterocycles. The van der Waals surface area contributed by atoms with Crippen LogP contribution in [0.1, 0.15) is 0 Å². The van der Waals surface area contributed by atoms with Gasteiger partial charge in [-0.15, -0.1) is 0 Å². The minimum absolute atomic E-state index is 0.655. The van der Waals surface area contributed by atoms with Crippen molar-refractivity contribution in [2.75, 3.05) is 26.4 Å². The number of nitrogens with zero attached hydrogens (tertiary/aromatic N) is 1. The van der Waals surface area contributed by atoms with Crippen molar-refractivity contribution in [3.8, 4) is 0 Å². The molecule has 0 aromatic heterocycles. The maximum absolute atomic E-state index is 9.93. The van der Waals surface area contributed by atoms with Crippen LogP contribution in [-0.4, -0.2) is 41.7 Å². The van der Waals surface area contributed by atoms with E-state index in [2.05, 4.69) is 0 Å². The van der Waals surface area contributed by atoms with Crippen LogP contribution in [0.5, 0.6) is 0 Å². The molecule has 0 aromatic rings. The van der Waals surface area contributed by atoms with Gasteiger partial charge in [-0.3, -0.25) is 0 Å². The first-order chi connectivity index (χ1) is 4.13. The molecular weight excluding hydrogens is 138 g/mol. The molecule has 0 bridgehead atoms. The number of carboxylic acid groups (broad SMARTS) is 1. The molecular formula is C5H11NO2S. The predicted molar refractivity (Wildman–Crippen MR) is 39.0 cm³/mol. The zero-order valence-corrected chi connectivity index (χ0v) is 6.44. The Labute approximate surface area is 59.0 Å². The summed E-state index contributed by atoms with van der Waals surface area (Å²) in [7, 11) is 3.84. The second kappa shape index (κ2) is 4.64. The highest BCUT2D eigenvalue weighted by Gasteiger charge is 1.96. The Morgan fingerprint density at radius 3 is 2.56 bits per heavy atom. The third-order valence-corrected chi connectivity index (χ3v) is 1.40. The summed E-state index contributed by atoms with van der Waals surface area (Å²) in [6.07, 6.45) is 0. The highest BCUT2D eigenvalue weighted by Crippen LogP contribution is 1.99. The summed E-state index contributed by atoms with van der Waals surface area (Å²) in [6, 6.07) is 0. The second-order valence-corrected chi connectivity index (χ2v) is 2.96. The Balaban J connectivity index is 3.01. The predicted octanol–water partition coefficient (Wildman–Crippen LogP) is 0.959. The van der Waals surface area contributed by atoms with Gasteiger partial charge >= 0.3 is 5.30 Å². The van der Waals surface area contributed by atoms with Crippen molar-refractivity contribution in [2.24, 2.45) is 0 Å². The van der Waals surface area contributed by atoms with Gasteiger partial charge in [-0.05, 0) is 25.9 Å². The van der Waals surface area contributed by atoms with E-state index in [1.54, 1.807) is 0 Å². The average Bonchev–Trinajstić information content (AvgIpc) is 1.63. The van der Waals surface area contributed by atoms with Gasteiger partial charge in [0.15, 0.2) is 0 Å². The van der Waals surface area contributed by atoms with Crippen LogP contribution in [0.2, 0.25) is 0 Å². The van der Waals surface area contributed by atoms with Crippen LogP contribution >= 0.6 is 11.8 Å². The fourth-order valence-corrected chi connectivity index (χ4v) is 0.947. The molecule has 0 heterocycles. The van der Waals surface area contributed by atoms with Crippen LogP contribution in [-0.2, 0) is 0 Å². The van der Waals surface area contributed by atoms with Gasteiger partial charge in [-0.2, -0.15) is 0 Å². The minimum Gasteiger partial charge on any atom is -0.473 e. The van der Waals surface area contributed by atoms with Gasteiger partial charge in [0.1, 0.15) is 0 Å². The van der Waals surface area contributed by atoms with E-state index in [-0.39, 0.29) is 0 Å². The van der Waals surface area contributed by atoms with Crippen molar-refractivity contribution in [3.63, 3.8) is 0 Å². The molecule has 0 amide bonds. The molecule has 9 heavy (non-hydrogen) atoms. The van der Waals surface area contributed by atoms with Crippen LogP contribution < -0.4 is 0 Å². The summed E-state index contributed by atoms with van der Waals surface area (Å²) in [5, 5.41) is 7.38. The van der Waals surface area contributed by atoms with Crippen molar-refractivity contribution >= 4 is 17.1 Å². The van der Waals surface area contributed by atoms with Gasteiger partial charge in [0.05, 0.1) is 0 Å². The van der Waals surface area contributed by atoms with E-state index >= 15 is 0 Å². The fraction of sp³-hybridized carbons (Fsp3) is 0.800. The maximum atomic E-state index is 9.93. The molecule has 0 rings (SSSR count). The molecule has 54 valence electrons. The number of hydrogen-bond donors (Lipinski definition) is 1. The minimum atomic E-state index is -0.795. The Hall–Kier alpha value is -0.220. The number of hydrogen-bond acceptors (Lipinski definition) is 3. The monoisotopic (exact) mass is 149 g/mol. The van der Waals surface area contributed by atoms with Gasteiger partial charge in [0, 0.05) is 12.3 Å². The van der Waals surface area contributed by atoms with Crippen LogP contribution in [0.3, 0.4) is 0 Å². The second-order valence-electron chi connectivity index (χ2n) is 1.92. The molecule has 0 aliphatic rings. The third kappa shape index (κ3) is 7.78. The molecule has 4 heteroatoms. The summed E-state index contributed by atoms with van der Waals surface area (Å²) >= 11 is 0.935. The highest BCUT2D eigenvalue weighted by molar-refractivity contribution is 8.13. The van der Waals surface area contributed by atoms with Crippen molar-refractivity contribution in [1.29, 1.82) is 0 Å². The standard InChI is InChI=1S/C5H11NO2S/c1-6(2)3-4-9-5(7)8/h3-4H2,1-2H3,(H,7,8). The first-order valence-corrected chi connectivity index (χ1v) is 3.62. The van der Waals surface area contributed by atoms with E-state index in [0.717, 1.165) is 18.3 Å². The topological polar surface area (TPSA) is 40.5 Å². The molecule has 0 atom stereocenters. The van der Waals surface area contributed by atoms with E-state index in [4.69, 9.17) is 5.11 Å². The lowest BCUT2D eigenvalue weighted by Crippen LogP contribution is -2.15. The van der Waals surface area contributed by atoms with E-state index in [9.17, 15) is 4.79 Å². The van der Waals surface area contributed by atoms with Crippen LogP contribution in [0, 0.1) is 0 Å². The molecule has 0 radical (unpaired) electrons. The van der Waals surface area contributed by atoms with Gasteiger partial charge in [-0.1, -0.05) is 0 Å². The molecule has 0 aliphatic carbocycles. The lowest BCUT2D eigenvalue weighted by atomic mass is 10.7. The van der Waals surface area contributed by atoms with E-state index < -0.39 is 5.30 Å². The van der Waals surface area contributed by atoms with Crippen molar-refractivity contribution in [3.05, 3.63) is 0 Å². The molecule has 0 fully saturated rings. The number of rotatable bonds is 3. The molecule has 3 nitrogen and oxygen atoms in total.